The van der Waals surface area contributed by atoms with E-state index in [0.717, 1.165) is 19.0 Å². The average molecular weight is 185 g/mol. The molecule has 1 aliphatic carbocycles. The Morgan fingerprint density at radius 3 is 2.54 bits per heavy atom. The van der Waals surface area contributed by atoms with Crippen molar-refractivity contribution in [2.24, 2.45) is 5.92 Å². The summed E-state index contributed by atoms with van der Waals surface area (Å²) in [4.78, 5) is 0. The highest BCUT2D eigenvalue weighted by Gasteiger charge is 2.23. The van der Waals surface area contributed by atoms with E-state index in [2.05, 4.69) is 26.1 Å². The minimum atomic E-state index is 0.0324. The third kappa shape index (κ3) is 4.63. The lowest BCUT2D eigenvalue weighted by atomic mass is 9.94. The van der Waals surface area contributed by atoms with Gasteiger partial charge in [0.25, 0.3) is 0 Å². The van der Waals surface area contributed by atoms with Gasteiger partial charge < -0.3 is 10.1 Å². The Kier molecular flexibility index (Phi) is 3.74. The molecular weight excluding hydrogens is 162 g/mol. The molecule has 1 rings (SSSR count). The van der Waals surface area contributed by atoms with Gasteiger partial charge in [-0.25, -0.2) is 0 Å². The first-order valence-corrected chi connectivity index (χ1v) is 5.32. The fourth-order valence-corrected chi connectivity index (χ4v) is 1.65. The molecule has 0 spiro atoms. The van der Waals surface area contributed by atoms with Gasteiger partial charge in [0.15, 0.2) is 0 Å². The third-order valence-corrected chi connectivity index (χ3v) is 2.72. The van der Waals surface area contributed by atoms with Crippen LogP contribution in [0.2, 0.25) is 0 Å². The lowest BCUT2D eigenvalue weighted by molar-refractivity contribution is 0.00392. The van der Waals surface area contributed by atoms with Gasteiger partial charge in [-0.15, -0.1) is 0 Å². The van der Waals surface area contributed by atoms with Crippen molar-refractivity contribution >= 4 is 0 Å². The molecule has 0 bridgehead atoms. The van der Waals surface area contributed by atoms with Crippen molar-refractivity contribution in [1.29, 1.82) is 0 Å². The van der Waals surface area contributed by atoms with Crippen molar-refractivity contribution in [1.82, 2.24) is 5.32 Å². The van der Waals surface area contributed by atoms with Crippen molar-refractivity contribution in [3.63, 3.8) is 0 Å². The number of nitrogens with one attached hydrogen (secondary N) is 1. The maximum Gasteiger partial charge on any atom is 0.0625 e. The van der Waals surface area contributed by atoms with Crippen LogP contribution < -0.4 is 5.32 Å². The van der Waals surface area contributed by atoms with Gasteiger partial charge in [0.2, 0.25) is 0 Å². The first-order chi connectivity index (χ1) is 6.03. The number of hydrogen-bond acceptors (Lipinski definition) is 2. The second-order valence-electron chi connectivity index (χ2n) is 4.96. The first-order valence-electron chi connectivity index (χ1n) is 5.32. The molecule has 0 aliphatic heterocycles. The SMILES string of the molecule is COC(C)(C)CC(C)CNC1CC1. The lowest BCUT2D eigenvalue weighted by Gasteiger charge is -2.26. The molecule has 1 atom stereocenters. The van der Waals surface area contributed by atoms with Crippen LogP contribution in [-0.2, 0) is 4.74 Å². The van der Waals surface area contributed by atoms with Gasteiger partial charge in [-0.1, -0.05) is 6.92 Å². The van der Waals surface area contributed by atoms with E-state index in [9.17, 15) is 0 Å². The normalized spacial score (nSPS) is 20.3. The quantitative estimate of drug-likeness (QED) is 0.685. The molecule has 2 nitrogen and oxygen atoms in total. The van der Waals surface area contributed by atoms with Crippen LogP contribution in [0.3, 0.4) is 0 Å². The Bertz CT molecular complexity index is 152. The van der Waals surface area contributed by atoms with Crippen molar-refractivity contribution in [3.8, 4) is 0 Å². The zero-order valence-electron chi connectivity index (χ0n) is 9.39. The van der Waals surface area contributed by atoms with Gasteiger partial charge >= 0.3 is 0 Å². The molecule has 0 aromatic heterocycles. The molecule has 0 radical (unpaired) electrons. The monoisotopic (exact) mass is 185 g/mol. The minimum Gasteiger partial charge on any atom is -0.379 e. The Balaban J connectivity index is 2.11. The predicted octanol–water partition coefficient (Wildman–Crippen LogP) is 2.19. The molecule has 1 fully saturated rings. The van der Waals surface area contributed by atoms with E-state index < -0.39 is 0 Å². The van der Waals surface area contributed by atoms with Crippen molar-refractivity contribution in [2.75, 3.05) is 13.7 Å². The molecule has 1 aliphatic rings. The highest BCUT2D eigenvalue weighted by molar-refractivity contribution is 4.82. The molecule has 78 valence electrons. The number of rotatable bonds is 6. The van der Waals surface area contributed by atoms with E-state index in [-0.39, 0.29) is 5.60 Å². The lowest BCUT2D eigenvalue weighted by Crippen LogP contribution is -2.31. The summed E-state index contributed by atoms with van der Waals surface area (Å²) >= 11 is 0. The first kappa shape index (κ1) is 11.0. The molecule has 1 N–H and O–H groups in total. The van der Waals surface area contributed by atoms with Crippen molar-refractivity contribution in [2.45, 2.75) is 51.7 Å². The Morgan fingerprint density at radius 2 is 2.08 bits per heavy atom. The maximum absolute atomic E-state index is 5.40. The third-order valence-electron chi connectivity index (χ3n) is 2.72. The molecule has 13 heavy (non-hydrogen) atoms. The molecule has 2 heteroatoms. The van der Waals surface area contributed by atoms with Gasteiger partial charge in [0.1, 0.15) is 0 Å². The fourth-order valence-electron chi connectivity index (χ4n) is 1.65. The second kappa shape index (κ2) is 4.43. The van der Waals surface area contributed by atoms with E-state index in [0.29, 0.717) is 5.92 Å². The predicted molar refractivity (Wildman–Crippen MR) is 55.9 cm³/mol. The van der Waals surface area contributed by atoms with Crippen LogP contribution >= 0.6 is 0 Å². The summed E-state index contributed by atoms with van der Waals surface area (Å²) in [7, 11) is 1.79. The van der Waals surface area contributed by atoms with E-state index >= 15 is 0 Å². The summed E-state index contributed by atoms with van der Waals surface area (Å²) in [5.74, 6) is 0.704. The molecule has 0 amide bonds. The summed E-state index contributed by atoms with van der Waals surface area (Å²) in [6.07, 6.45) is 3.88. The van der Waals surface area contributed by atoms with Crippen molar-refractivity contribution < 1.29 is 4.74 Å². The number of methoxy groups -OCH3 is 1. The van der Waals surface area contributed by atoms with Crippen LogP contribution in [0.15, 0.2) is 0 Å². The van der Waals surface area contributed by atoms with E-state index in [1.807, 2.05) is 0 Å². The minimum absolute atomic E-state index is 0.0324. The fraction of sp³-hybridized carbons (Fsp3) is 1.00. The molecule has 0 saturated heterocycles. The zero-order chi connectivity index (χ0) is 9.90. The van der Waals surface area contributed by atoms with Gasteiger partial charge in [-0.3, -0.25) is 0 Å². The molecule has 0 aromatic carbocycles. The number of hydrogen-bond donors (Lipinski definition) is 1. The summed E-state index contributed by atoms with van der Waals surface area (Å²) in [6.45, 7) is 7.73. The van der Waals surface area contributed by atoms with Gasteiger partial charge in [-0.05, 0) is 45.6 Å². The topological polar surface area (TPSA) is 21.3 Å². The highest BCUT2D eigenvalue weighted by Crippen LogP contribution is 2.22. The van der Waals surface area contributed by atoms with Crippen LogP contribution in [-0.4, -0.2) is 25.3 Å². The summed E-state index contributed by atoms with van der Waals surface area (Å²) < 4.78 is 5.40. The summed E-state index contributed by atoms with van der Waals surface area (Å²) in [5.41, 5.74) is 0.0324. The Morgan fingerprint density at radius 1 is 1.46 bits per heavy atom. The van der Waals surface area contributed by atoms with Crippen LogP contribution in [0.5, 0.6) is 0 Å². The summed E-state index contributed by atoms with van der Waals surface area (Å²) in [5, 5.41) is 3.55. The highest BCUT2D eigenvalue weighted by atomic mass is 16.5. The summed E-state index contributed by atoms with van der Waals surface area (Å²) in [6, 6.07) is 0.827. The van der Waals surface area contributed by atoms with E-state index in [1.54, 1.807) is 7.11 Å². The molecule has 1 saturated carbocycles. The number of ether oxygens (including phenoxy) is 1. The van der Waals surface area contributed by atoms with Gasteiger partial charge in [-0.2, -0.15) is 0 Å². The van der Waals surface area contributed by atoms with E-state index in [4.69, 9.17) is 4.74 Å². The van der Waals surface area contributed by atoms with Crippen LogP contribution in [0, 0.1) is 5.92 Å². The second-order valence-corrected chi connectivity index (χ2v) is 4.96. The molecular formula is C11H23NO. The zero-order valence-corrected chi connectivity index (χ0v) is 9.39. The smallest absolute Gasteiger partial charge is 0.0625 e. The maximum atomic E-state index is 5.40. The molecule has 0 aromatic rings. The standard InChI is InChI=1S/C11H23NO/c1-9(7-11(2,3)13-4)8-12-10-5-6-10/h9-10,12H,5-8H2,1-4H3. The average Bonchev–Trinajstić information content (AvgIpc) is 2.83. The van der Waals surface area contributed by atoms with Crippen LogP contribution in [0.1, 0.15) is 40.0 Å². The molecule has 1 unspecified atom stereocenters. The Hall–Kier alpha value is -0.0800. The van der Waals surface area contributed by atoms with Crippen LogP contribution in [0.4, 0.5) is 0 Å². The van der Waals surface area contributed by atoms with Crippen molar-refractivity contribution in [3.05, 3.63) is 0 Å². The van der Waals surface area contributed by atoms with Gasteiger partial charge in [0.05, 0.1) is 5.60 Å². The van der Waals surface area contributed by atoms with Crippen LogP contribution in [0.25, 0.3) is 0 Å². The van der Waals surface area contributed by atoms with Gasteiger partial charge in [0, 0.05) is 13.2 Å². The largest absolute Gasteiger partial charge is 0.379 e. The van der Waals surface area contributed by atoms with E-state index in [1.165, 1.54) is 12.8 Å². The Labute approximate surface area is 82.0 Å². The molecule has 0 heterocycles.